The number of sulfone groups is 1. The third-order valence-electron chi connectivity index (χ3n) is 4.14. The van der Waals surface area contributed by atoms with Crippen molar-refractivity contribution in [2.75, 3.05) is 11.1 Å². The lowest BCUT2D eigenvalue weighted by molar-refractivity contribution is -0.137. The van der Waals surface area contributed by atoms with Gasteiger partial charge in [-0.1, -0.05) is 0 Å². The van der Waals surface area contributed by atoms with Gasteiger partial charge in [-0.3, -0.25) is 9.32 Å². The number of phosphoric acid groups is 1. The van der Waals surface area contributed by atoms with Gasteiger partial charge in [0.25, 0.3) is 5.91 Å². The fraction of sp³-hybridized carbons (Fsp3) is 0.222. The van der Waals surface area contributed by atoms with Crippen LogP contribution in [-0.2, 0) is 29.9 Å². The van der Waals surface area contributed by atoms with E-state index in [9.17, 15) is 45.1 Å². The first-order chi connectivity index (χ1) is 15.0. The Labute approximate surface area is 184 Å². The number of carbonyl (C=O) groups is 1. The maximum atomic E-state index is 13.2. The number of nitriles is 1. The van der Waals surface area contributed by atoms with E-state index in [4.69, 9.17) is 5.26 Å². The summed E-state index contributed by atoms with van der Waals surface area (Å²) < 4.78 is 93.7. The van der Waals surface area contributed by atoms with Gasteiger partial charge in [-0.05, 0) is 49.4 Å². The van der Waals surface area contributed by atoms with Crippen LogP contribution < -0.4 is 5.32 Å². The third-order valence-corrected chi connectivity index (χ3v) is 6.70. The molecule has 2 rings (SSSR count). The number of phosphoric ester groups is 1. The van der Waals surface area contributed by atoms with Gasteiger partial charge in [-0.15, -0.1) is 0 Å². The largest absolute Gasteiger partial charge is 0.470 e. The number of benzene rings is 2. The van der Waals surface area contributed by atoms with E-state index in [1.807, 2.05) is 5.32 Å². The van der Waals surface area contributed by atoms with Gasteiger partial charge in [0.15, 0.2) is 15.4 Å². The Morgan fingerprint density at radius 3 is 2.24 bits per heavy atom. The highest BCUT2D eigenvalue weighted by Crippen LogP contribution is 2.43. The molecule has 0 bridgehead atoms. The maximum Gasteiger partial charge on any atom is 0.470 e. The molecule has 0 unspecified atom stereocenters. The first-order valence-electron chi connectivity index (χ1n) is 8.64. The van der Waals surface area contributed by atoms with Crippen molar-refractivity contribution >= 4 is 29.3 Å². The topological polar surface area (TPSA) is 154 Å². The van der Waals surface area contributed by atoms with Crippen molar-refractivity contribution in [1.29, 1.82) is 5.26 Å². The van der Waals surface area contributed by atoms with Gasteiger partial charge >= 0.3 is 14.0 Å². The standard InChI is InChI=1S/C18H15F4N2O7PS/c1-17(31-32(26,27)28,10-33(29,30)14-6-3-12(19)4-7-14)16(25)24-13-5-2-11(9-23)15(8-13)18(20,21)22/h2-8H,10H2,1H3,(H,24,25)(H2,26,27,28)/t17-/m0/s1. The molecule has 0 saturated heterocycles. The number of nitrogens with zero attached hydrogens (tertiary/aromatic N) is 1. The highest BCUT2D eigenvalue weighted by atomic mass is 32.2. The van der Waals surface area contributed by atoms with Crippen molar-refractivity contribution in [2.24, 2.45) is 0 Å². The molecule has 0 heterocycles. The molecule has 178 valence electrons. The average molecular weight is 510 g/mol. The fourth-order valence-corrected chi connectivity index (χ4v) is 5.09. The minimum Gasteiger partial charge on any atom is -0.324 e. The Bertz CT molecular complexity index is 1250. The van der Waals surface area contributed by atoms with Crippen molar-refractivity contribution < 1.29 is 49.6 Å². The van der Waals surface area contributed by atoms with Crippen LogP contribution in [0.25, 0.3) is 0 Å². The molecule has 9 nitrogen and oxygen atoms in total. The summed E-state index contributed by atoms with van der Waals surface area (Å²) in [5.41, 5.74) is -5.50. The van der Waals surface area contributed by atoms with Crippen LogP contribution in [0.5, 0.6) is 0 Å². The minimum atomic E-state index is -5.49. The molecule has 0 aromatic heterocycles. The number of hydrogen-bond acceptors (Lipinski definition) is 6. The molecule has 2 aromatic rings. The second kappa shape index (κ2) is 9.20. The molecule has 0 fully saturated rings. The second-order valence-corrected chi connectivity index (χ2v) is 10.0. The summed E-state index contributed by atoms with van der Waals surface area (Å²) in [7, 11) is -9.99. The molecule has 3 N–H and O–H groups in total. The Morgan fingerprint density at radius 2 is 1.76 bits per heavy atom. The number of amides is 1. The van der Waals surface area contributed by atoms with Crippen molar-refractivity contribution in [1.82, 2.24) is 0 Å². The predicted octanol–water partition coefficient (Wildman–Crippen LogP) is 3.00. The minimum absolute atomic E-state index is 0.392. The van der Waals surface area contributed by atoms with Crippen LogP contribution in [0.15, 0.2) is 47.4 Å². The summed E-state index contributed by atoms with van der Waals surface area (Å²) in [6.07, 6.45) is -4.97. The van der Waals surface area contributed by atoms with Gasteiger partial charge in [0.1, 0.15) is 5.82 Å². The zero-order valence-electron chi connectivity index (χ0n) is 16.5. The molecule has 0 saturated carbocycles. The number of rotatable bonds is 7. The number of alkyl halides is 3. The summed E-state index contributed by atoms with van der Waals surface area (Å²) in [4.78, 5) is 30.6. The summed E-state index contributed by atoms with van der Waals surface area (Å²) in [5.74, 6) is -3.64. The van der Waals surface area contributed by atoms with Crippen LogP contribution in [0.1, 0.15) is 18.1 Å². The Kier molecular flexibility index (Phi) is 7.37. The first-order valence-corrected chi connectivity index (χ1v) is 11.8. The van der Waals surface area contributed by atoms with Gasteiger partial charge in [-0.25, -0.2) is 17.4 Å². The van der Waals surface area contributed by atoms with Crippen molar-refractivity contribution in [3.05, 3.63) is 59.4 Å². The van der Waals surface area contributed by atoms with Gasteiger partial charge in [0, 0.05) is 5.69 Å². The molecule has 0 aliphatic rings. The monoisotopic (exact) mass is 510 g/mol. The first kappa shape index (κ1) is 26.4. The van der Waals surface area contributed by atoms with Crippen LogP contribution in [0, 0.1) is 17.1 Å². The van der Waals surface area contributed by atoms with Crippen LogP contribution in [0.4, 0.5) is 23.2 Å². The smallest absolute Gasteiger partial charge is 0.324 e. The predicted molar refractivity (Wildman–Crippen MR) is 105 cm³/mol. The summed E-state index contributed by atoms with van der Waals surface area (Å²) >= 11 is 0. The Morgan fingerprint density at radius 1 is 1.18 bits per heavy atom. The van der Waals surface area contributed by atoms with Crippen LogP contribution in [0.3, 0.4) is 0 Å². The number of hydrogen-bond donors (Lipinski definition) is 3. The Hall–Kier alpha value is -2.82. The summed E-state index contributed by atoms with van der Waals surface area (Å²) in [6, 6.07) is 6.65. The van der Waals surface area contributed by atoms with E-state index in [-0.39, 0.29) is 0 Å². The molecule has 0 radical (unpaired) electrons. The Balaban J connectivity index is 2.45. The molecule has 33 heavy (non-hydrogen) atoms. The zero-order chi connectivity index (χ0) is 25.2. The maximum absolute atomic E-state index is 13.2. The lowest BCUT2D eigenvalue weighted by Crippen LogP contribution is -2.47. The summed E-state index contributed by atoms with van der Waals surface area (Å²) in [5, 5.41) is 10.7. The molecule has 15 heteroatoms. The quantitative estimate of drug-likeness (QED) is 0.292. The van der Waals surface area contributed by atoms with Crippen molar-refractivity contribution in [2.45, 2.75) is 23.6 Å². The highest BCUT2D eigenvalue weighted by Gasteiger charge is 2.45. The van der Waals surface area contributed by atoms with Gasteiger partial charge in [0.2, 0.25) is 0 Å². The molecular formula is C18H15F4N2O7PS. The molecule has 1 amide bonds. The zero-order valence-corrected chi connectivity index (χ0v) is 18.2. The van der Waals surface area contributed by atoms with E-state index >= 15 is 0 Å². The van der Waals surface area contributed by atoms with E-state index in [1.54, 1.807) is 0 Å². The highest BCUT2D eigenvalue weighted by molar-refractivity contribution is 7.91. The molecule has 0 aliphatic carbocycles. The molecule has 1 atom stereocenters. The van der Waals surface area contributed by atoms with E-state index in [1.165, 1.54) is 6.07 Å². The molecule has 0 spiro atoms. The fourth-order valence-electron chi connectivity index (χ4n) is 2.70. The van der Waals surface area contributed by atoms with Crippen molar-refractivity contribution in [3.63, 3.8) is 0 Å². The van der Waals surface area contributed by atoms with Crippen LogP contribution in [0.2, 0.25) is 0 Å². The van der Waals surface area contributed by atoms with E-state index in [0.29, 0.717) is 13.0 Å². The SMILES string of the molecule is C[C@@](CS(=O)(=O)c1ccc(F)cc1)(OP(=O)(O)O)C(=O)Nc1ccc(C#N)c(C(F)(F)F)c1. The number of anilines is 1. The van der Waals surface area contributed by atoms with Crippen LogP contribution in [-0.4, -0.2) is 35.5 Å². The lowest BCUT2D eigenvalue weighted by atomic mass is 10.1. The molecule has 2 aromatic carbocycles. The van der Waals surface area contributed by atoms with E-state index < -0.39 is 68.6 Å². The molecule has 0 aliphatic heterocycles. The number of nitrogens with one attached hydrogen (secondary N) is 1. The lowest BCUT2D eigenvalue weighted by Gasteiger charge is -2.28. The van der Waals surface area contributed by atoms with Gasteiger partial charge in [-0.2, -0.15) is 18.4 Å². The van der Waals surface area contributed by atoms with Gasteiger partial charge in [0.05, 0.1) is 27.8 Å². The normalized spacial score (nSPS) is 14.2. The number of carbonyl (C=O) groups excluding carboxylic acids is 1. The van der Waals surface area contributed by atoms with E-state index in [2.05, 4.69) is 4.52 Å². The average Bonchev–Trinajstić information content (AvgIpc) is 2.65. The van der Waals surface area contributed by atoms with Crippen molar-refractivity contribution in [3.8, 4) is 6.07 Å². The number of halogens is 4. The second-order valence-electron chi connectivity index (χ2n) is 6.85. The third kappa shape index (κ3) is 6.83. The molecular weight excluding hydrogens is 495 g/mol. The van der Waals surface area contributed by atoms with E-state index in [0.717, 1.165) is 36.4 Å². The van der Waals surface area contributed by atoms with Crippen LogP contribution >= 0.6 is 7.82 Å². The van der Waals surface area contributed by atoms with Gasteiger partial charge < -0.3 is 15.1 Å². The summed E-state index contributed by atoms with van der Waals surface area (Å²) in [6.45, 7) is 0.705.